The quantitative estimate of drug-likeness (QED) is 0.128. The van der Waals surface area contributed by atoms with E-state index in [0.717, 1.165) is 12.8 Å². The van der Waals surface area contributed by atoms with E-state index >= 15 is 0 Å². The molecule has 0 spiro atoms. The molecule has 202 valence electrons. The lowest BCUT2D eigenvalue weighted by molar-refractivity contribution is -0.142. The van der Waals surface area contributed by atoms with E-state index in [1.807, 2.05) is 6.92 Å². The number of unbranched alkanes of at least 4 members (excludes halogenated alkanes) is 1. The van der Waals surface area contributed by atoms with Crippen molar-refractivity contribution in [3.63, 3.8) is 0 Å². The molecule has 0 aliphatic carbocycles. The Labute approximate surface area is 219 Å². The van der Waals surface area contributed by atoms with E-state index in [1.165, 1.54) is 18.5 Å². The van der Waals surface area contributed by atoms with Crippen molar-refractivity contribution in [2.24, 2.45) is 0 Å². The van der Waals surface area contributed by atoms with Crippen molar-refractivity contribution in [1.29, 1.82) is 0 Å². The maximum absolute atomic E-state index is 13.9. The zero-order valence-corrected chi connectivity index (χ0v) is 22.1. The van der Waals surface area contributed by atoms with Crippen LogP contribution in [0.1, 0.15) is 26.7 Å². The third-order valence-corrected chi connectivity index (χ3v) is 7.36. The fourth-order valence-electron chi connectivity index (χ4n) is 3.75. The summed E-state index contributed by atoms with van der Waals surface area (Å²) in [5.74, 6) is 0.0687. The third kappa shape index (κ3) is 6.58. The van der Waals surface area contributed by atoms with Crippen molar-refractivity contribution in [3.8, 4) is 11.5 Å². The smallest absolute Gasteiger partial charge is 0.342 e. The summed E-state index contributed by atoms with van der Waals surface area (Å²) in [6.45, 7) is 4.09. The SMILES string of the molecule is CCCCOC(=O)CNP(=O)(CO[C@H](C)Cn1cnc2c(N)ncnc21)Oc1ccc(O)c2ccccc12. The first-order chi connectivity index (χ1) is 18.3. The summed E-state index contributed by atoms with van der Waals surface area (Å²) in [5, 5.41) is 14.0. The van der Waals surface area contributed by atoms with Crippen molar-refractivity contribution in [3.05, 3.63) is 49.1 Å². The van der Waals surface area contributed by atoms with Gasteiger partial charge < -0.3 is 29.4 Å². The molecule has 0 saturated heterocycles. The average molecular weight is 543 g/mol. The Morgan fingerprint density at radius 2 is 1.97 bits per heavy atom. The van der Waals surface area contributed by atoms with E-state index in [1.54, 1.807) is 42.1 Å². The number of carbonyl (C=O) groups is 1. The van der Waals surface area contributed by atoms with Gasteiger partial charge in [-0.3, -0.25) is 9.36 Å². The predicted octanol–water partition coefficient (Wildman–Crippen LogP) is 3.83. The van der Waals surface area contributed by atoms with E-state index < -0.39 is 19.6 Å². The van der Waals surface area contributed by atoms with Gasteiger partial charge in [0.05, 0.1) is 25.6 Å². The number of nitrogens with two attached hydrogens (primary N) is 1. The highest BCUT2D eigenvalue weighted by Crippen LogP contribution is 2.46. The molecule has 4 N–H and O–H groups in total. The molecule has 0 fully saturated rings. The number of anilines is 1. The summed E-state index contributed by atoms with van der Waals surface area (Å²) in [6, 6.07) is 10.0. The lowest BCUT2D eigenvalue weighted by atomic mass is 10.1. The number of aromatic hydroxyl groups is 1. The van der Waals surface area contributed by atoms with Gasteiger partial charge in [0, 0.05) is 10.8 Å². The number of nitrogens with zero attached hydrogens (tertiary/aromatic N) is 4. The van der Waals surface area contributed by atoms with Crippen molar-refractivity contribution >= 4 is 41.2 Å². The Bertz CT molecular complexity index is 1460. The van der Waals surface area contributed by atoms with Crippen LogP contribution in [0.3, 0.4) is 0 Å². The highest BCUT2D eigenvalue weighted by molar-refractivity contribution is 7.57. The van der Waals surface area contributed by atoms with Crippen LogP contribution in [0.15, 0.2) is 49.1 Å². The summed E-state index contributed by atoms with van der Waals surface area (Å²) in [7, 11) is -3.78. The van der Waals surface area contributed by atoms with E-state index in [2.05, 4.69) is 20.0 Å². The number of nitrogen functional groups attached to an aromatic ring is 1. The zero-order chi connectivity index (χ0) is 27.1. The number of imidazole rings is 1. The lowest BCUT2D eigenvalue weighted by Gasteiger charge is -2.23. The number of esters is 1. The Morgan fingerprint density at radius 3 is 2.76 bits per heavy atom. The maximum atomic E-state index is 13.9. The fraction of sp³-hybridized carbons (Fsp3) is 0.360. The van der Waals surface area contributed by atoms with Crippen LogP contribution in [-0.4, -0.2) is 56.2 Å². The van der Waals surface area contributed by atoms with Crippen LogP contribution in [0.25, 0.3) is 21.9 Å². The predicted molar refractivity (Wildman–Crippen MR) is 143 cm³/mol. The van der Waals surface area contributed by atoms with Crippen molar-refractivity contribution < 1.29 is 28.5 Å². The molecular weight excluding hydrogens is 511 g/mol. The van der Waals surface area contributed by atoms with E-state index in [4.69, 9.17) is 19.7 Å². The Balaban J connectivity index is 1.49. The molecule has 0 saturated carbocycles. The Hall–Kier alpha value is -3.73. The third-order valence-electron chi connectivity index (χ3n) is 5.74. The highest BCUT2D eigenvalue weighted by atomic mass is 31.2. The minimum Gasteiger partial charge on any atom is -0.507 e. The number of phenolic OH excluding ortho intramolecular Hbond substituents is 1. The van der Waals surface area contributed by atoms with Gasteiger partial charge in [0.2, 0.25) is 0 Å². The van der Waals surface area contributed by atoms with Gasteiger partial charge in [0.15, 0.2) is 11.5 Å². The molecule has 38 heavy (non-hydrogen) atoms. The molecule has 1 unspecified atom stereocenters. The summed E-state index contributed by atoms with van der Waals surface area (Å²) in [4.78, 5) is 24.6. The topological polar surface area (TPSA) is 164 Å². The fourth-order valence-corrected chi connectivity index (χ4v) is 5.26. The number of rotatable bonds is 13. The molecule has 2 atom stereocenters. The number of hydrogen-bond donors (Lipinski definition) is 3. The molecule has 12 nitrogen and oxygen atoms in total. The normalized spacial score (nSPS) is 13.8. The second-order valence-electron chi connectivity index (χ2n) is 8.74. The van der Waals surface area contributed by atoms with Crippen LogP contribution in [0, 0.1) is 0 Å². The van der Waals surface area contributed by atoms with Crippen LogP contribution >= 0.6 is 7.52 Å². The highest BCUT2D eigenvalue weighted by Gasteiger charge is 2.29. The van der Waals surface area contributed by atoms with Gasteiger partial charge in [-0.15, -0.1) is 0 Å². The largest absolute Gasteiger partial charge is 0.507 e. The number of fused-ring (bicyclic) bond motifs is 2. The van der Waals surface area contributed by atoms with Gasteiger partial charge in [-0.1, -0.05) is 37.6 Å². The van der Waals surface area contributed by atoms with E-state index in [9.17, 15) is 14.5 Å². The number of benzene rings is 2. The zero-order valence-electron chi connectivity index (χ0n) is 21.2. The van der Waals surface area contributed by atoms with E-state index in [-0.39, 0.29) is 36.8 Å². The number of aromatic nitrogens is 4. The molecule has 4 aromatic rings. The molecule has 13 heteroatoms. The molecule has 2 aromatic heterocycles. The van der Waals surface area contributed by atoms with Crippen molar-refractivity contribution in [2.75, 3.05) is 25.2 Å². The van der Waals surface area contributed by atoms with Gasteiger partial charge in [-0.2, -0.15) is 0 Å². The number of nitrogens with one attached hydrogen (secondary N) is 1. The minimum atomic E-state index is -3.78. The molecule has 2 aromatic carbocycles. The molecule has 4 rings (SSSR count). The molecule has 0 aliphatic rings. The average Bonchev–Trinajstić information content (AvgIpc) is 3.32. The standard InChI is InChI=1S/C25H31N6O6P/c1-3-4-11-35-22(33)12-30-38(34,37-21-10-9-20(32)18-7-5-6-8-19(18)21)16-36-17(2)13-31-15-29-23-24(26)27-14-28-25(23)31/h5-10,14-15,17,32H,3-4,11-13,16H2,1-2H3,(H,30,34)(H2,26,27,28)/t17-,38?/m1/s1. The molecule has 2 heterocycles. The van der Waals surface area contributed by atoms with Crippen LogP contribution < -0.4 is 15.3 Å². The first kappa shape index (κ1) is 27.3. The van der Waals surface area contributed by atoms with Crippen LogP contribution in [-0.2, 0) is 25.4 Å². The Kier molecular flexibility index (Phi) is 8.77. The second-order valence-corrected chi connectivity index (χ2v) is 10.8. The van der Waals surface area contributed by atoms with Crippen molar-refractivity contribution in [1.82, 2.24) is 24.6 Å². The van der Waals surface area contributed by atoms with Gasteiger partial charge in [0.1, 0.15) is 36.2 Å². The maximum Gasteiger partial charge on any atom is 0.342 e. The first-order valence-electron chi connectivity index (χ1n) is 12.2. The molecule has 0 radical (unpaired) electrons. The minimum absolute atomic E-state index is 0.0668. The first-order valence-corrected chi connectivity index (χ1v) is 14.0. The number of ether oxygens (including phenoxy) is 2. The second kappa shape index (κ2) is 12.2. The van der Waals surface area contributed by atoms with E-state index in [0.29, 0.717) is 28.5 Å². The summed E-state index contributed by atoms with van der Waals surface area (Å²) in [5.41, 5.74) is 6.90. The van der Waals surface area contributed by atoms with Crippen LogP contribution in [0.2, 0.25) is 0 Å². The number of carbonyl (C=O) groups excluding carboxylic acids is 1. The van der Waals surface area contributed by atoms with Gasteiger partial charge in [0.25, 0.3) is 0 Å². The molecule has 0 aliphatic heterocycles. The monoisotopic (exact) mass is 542 g/mol. The number of phenols is 1. The van der Waals surface area contributed by atoms with Gasteiger partial charge in [-0.05, 0) is 25.5 Å². The van der Waals surface area contributed by atoms with Gasteiger partial charge >= 0.3 is 13.5 Å². The van der Waals surface area contributed by atoms with Crippen LogP contribution in [0.5, 0.6) is 11.5 Å². The Morgan fingerprint density at radius 1 is 1.18 bits per heavy atom. The molecule has 0 bridgehead atoms. The van der Waals surface area contributed by atoms with Crippen molar-refractivity contribution in [2.45, 2.75) is 39.3 Å². The summed E-state index contributed by atoms with van der Waals surface area (Å²) >= 11 is 0. The van der Waals surface area contributed by atoms with Gasteiger partial charge in [-0.25, -0.2) is 20.0 Å². The summed E-state index contributed by atoms with van der Waals surface area (Å²) < 4.78 is 32.7. The van der Waals surface area contributed by atoms with Crippen LogP contribution in [0.4, 0.5) is 5.82 Å². The molecule has 0 amide bonds. The lowest BCUT2D eigenvalue weighted by Crippen LogP contribution is -2.28. The number of hydrogen-bond acceptors (Lipinski definition) is 10. The summed E-state index contributed by atoms with van der Waals surface area (Å²) in [6.07, 6.45) is 3.78. The molecular formula is C25H31N6O6P.